The fourth-order valence-electron chi connectivity index (χ4n) is 2.79. The van der Waals surface area contributed by atoms with Crippen LogP contribution in [0, 0.1) is 5.82 Å². The second-order valence-corrected chi connectivity index (χ2v) is 8.63. The van der Waals surface area contributed by atoms with Crippen LogP contribution in [-0.2, 0) is 14.8 Å². The number of carbonyl (C=O) groups is 1. The van der Waals surface area contributed by atoms with Gasteiger partial charge in [0.25, 0.3) is 0 Å². The average Bonchev–Trinajstić information content (AvgIpc) is 2.61. The molecule has 2 rings (SSSR count). The molecule has 0 aliphatic heterocycles. The van der Waals surface area contributed by atoms with Crippen molar-refractivity contribution < 1.29 is 22.3 Å². The summed E-state index contributed by atoms with van der Waals surface area (Å²) in [5.41, 5.74) is 0.850. The van der Waals surface area contributed by atoms with E-state index in [0.29, 0.717) is 10.6 Å². The predicted octanol–water partition coefficient (Wildman–Crippen LogP) is 3.52. The Balaban J connectivity index is 2.33. The zero-order chi connectivity index (χ0) is 21.1. The van der Waals surface area contributed by atoms with Crippen molar-refractivity contribution in [2.75, 3.05) is 17.7 Å². The second kappa shape index (κ2) is 8.79. The minimum Gasteiger partial charge on any atom is -0.495 e. The molecule has 6 nitrogen and oxygen atoms in total. The molecule has 2 aromatic rings. The molecule has 28 heavy (non-hydrogen) atoms. The van der Waals surface area contributed by atoms with Gasteiger partial charge >= 0.3 is 0 Å². The van der Waals surface area contributed by atoms with Gasteiger partial charge in [0, 0.05) is 5.02 Å². The molecule has 0 spiro atoms. The molecule has 9 heteroatoms. The number of carbonyl (C=O) groups excluding carboxylic acids is 1. The van der Waals surface area contributed by atoms with E-state index in [9.17, 15) is 17.6 Å². The Morgan fingerprint density at radius 2 is 1.79 bits per heavy atom. The number of methoxy groups -OCH3 is 1. The number of rotatable bonds is 7. The Hall–Kier alpha value is -2.32. The number of nitrogens with one attached hydrogen (secondary N) is 1. The van der Waals surface area contributed by atoms with E-state index in [1.54, 1.807) is 25.1 Å². The number of amides is 1. The van der Waals surface area contributed by atoms with Gasteiger partial charge in [0.2, 0.25) is 15.9 Å². The summed E-state index contributed by atoms with van der Waals surface area (Å²) < 4.78 is 44.2. The smallest absolute Gasteiger partial charge is 0.244 e. The molecule has 0 bridgehead atoms. The number of anilines is 1. The van der Waals surface area contributed by atoms with Crippen LogP contribution in [0.5, 0.6) is 5.75 Å². The summed E-state index contributed by atoms with van der Waals surface area (Å²) >= 11 is 6.02. The molecule has 0 saturated carbocycles. The van der Waals surface area contributed by atoms with Crippen molar-refractivity contribution in [3.05, 3.63) is 58.9 Å². The highest BCUT2D eigenvalue weighted by Gasteiger charge is 2.32. The lowest BCUT2D eigenvalue weighted by Crippen LogP contribution is -2.48. The monoisotopic (exact) mass is 428 g/mol. The molecule has 0 saturated heterocycles. The van der Waals surface area contributed by atoms with Crippen LogP contribution < -0.4 is 14.4 Å². The third kappa shape index (κ3) is 5.14. The van der Waals surface area contributed by atoms with Gasteiger partial charge in [-0.3, -0.25) is 9.10 Å². The van der Waals surface area contributed by atoms with Crippen LogP contribution in [0.4, 0.5) is 10.1 Å². The summed E-state index contributed by atoms with van der Waals surface area (Å²) in [5.74, 6) is -0.641. The van der Waals surface area contributed by atoms with Crippen LogP contribution in [0.15, 0.2) is 42.5 Å². The fraction of sp³-hybridized carbons (Fsp3) is 0.316. The third-order valence-electron chi connectivity index (χ3n) is 4.20. The normalized spacial score (nSPS) is 13.5. The van der Waals surface area contributed by atoms with Crippen LogP contribution in [0.25, 0.3) is 0 Å². The van der Waals surface area contributed by atoms with Crippen molar-refractivity contribution in [1.82, 2.24) is 5.32 Å². The first-order valence-electron chi connectivity index (χ1n) is 8.43. The lowest BCUT2D eigenvalue weighted by atomic mass is 10.1. The van der Waals surface area contributed by atoms with E-state index in [2.05, 4.69) is 5.32 Å². The molecule has 0 fully saturated rings. The molecule has 0 radical (unpaired) electrons. The van der Waals surface area contributed by atoms with Crippen LogP contribution in [0.1, 0.15) is 25.5 Å². The summed E-state index contributed by atoms with van der Waals surface area (Å²) in [5, 5.41) is 3.05. The van der Waals surface area contributed by atoms with Crippen molar-refractivity contribution in [3.8, 4) is 5.75 Å². The Labute approximate surface area is 169 Å². The first kappa shape index (κ1) is 22.0. The van der Waals surface area contributed by atoms with Crippen LogP contribution in [0.3, 0.4) is 0 Å². The van der Waals surface area contributed by atoms with Crippen molar-refractivity contribution >= 4 is 33.2 Å². The molecule has 2 aromatic carbocycles. The summed E-state index contributed by atoms with van der Waals surface area (Å²) in [7, 11) is -2.44. The predicted molar refractivity (Wildman–Crippen MR) is 108 cm³/mol. The van der Waals surface area contributed by atoms with E-state index in [0.717, 1.165) is 10.6 Å². The maximum atomic E-state index is 13.1. The largest absolute Gasteiger partial charge is 0.495 e. The third-order valence-corrected chi connectivity index (χ3v) is 5.66. The molecule has 1 amide bonds. The van der Waals surface area contributed by atoms with E-state index in [1.807, 2.05) is 0 Å². The molecule has 152 valence electrons. The molecule has 0 aromatic heterocycles. The Morgan fingerprint density at radius 1 is 1.18 bits per heavy atom. The molecule has 0 aliphatic carbocycles. The summed E-state index contributed by atoms with van der Waals surface area (Å²) in [6.45, 7) is 3.19. The number of nitrogens with zero attached hydrogens (tertiary/aromatic N) is 1. The number of benzene rings is 2. The summed E-state index contributed by atoms with van der Waals surface area (Å²) in [6, 6.07) is 8.69. The number of hydrogen-bond acceptors (Lipinski definition) is 4. The van der Waals surface area contributed by atoms with Gasteiger partial charge in [-0.15, -0.1) is 0 Å². The van der Waals surface area contributed by atoms with E-state index in [4.69, 9.17) is 16.3 Å². The van der Waals surface area contributed by atoms with Gasteiger partial charge in [0.05, 0.1) is 25.1 Å². The Kier molecular flexibility index (Phi) is 6.90. The minimum absolute atomic E-state index is 0.162. The molecular weight excluding hydrogens is 407 g/mol. The Bertz CT molecular complexity index is 951. The van der Waals surface area contributed by atoms with E-state index < -0.39 is 28.0 Å². The van der Waals surface area contributed by atoms with Gasteiger partial charge in [-0.25, -0.2) is 12.8 Å². The molecular formula is C19H22ClFN2O4S. The van der Waals surface area contributed by atoms with E-state index in [-0.39, 0.29) is 17.3 Å². The van der Waals surface area contributed by atoms with E-state index in [1.165, 1.54) is 38.3 Å². The quantitative estimate of drug-likeness (QED) is 0.732. The number of sulfonamides is 1. The zero-order valence-corrected chi connectivity index (χ0v) is 17.5. The van der Waals surface area contributed by atoms with Crippen LogP contribution in [-0.4, -0.2) is 33.7 Å². The van der Waals surface area contributed by atoms with Crippen molar-refractivity contribution in [1.29, 1.82) is 0 Å². The highest BCUT2D eigenvalue weighted by Crippen LogP contribution is 2.34. The number of halogens is 2. The Morgan fingerprint density at radius 3 is 2.32 bits per heavy atom. The van der Waals surface area contributed by atoms with Gasteiger partial charge in [-0.2, -0.15) is 0 Å². The summed E-state index contributed by atoms with van der Waals surface area (Å²) in [4.78, 5) is 12.8. The zero-order valence-electron chi connectivity index (χ0n) is 15.9. The van der Waals surface area contributed by atoms with Crippen LogP contribution in [0.2, 0.25) is 5.02 Å². The van der Waals surface area contributed by atoms with Gasteiger partial charge < -0.3 is 10.1 Å². The first-order chi connectivity index (χ1) is 13.0. The van der Waals surface area contributed by atoms with E-state index >= 15 is 0 Å². The van der Waals surface area contributed by atoms with Crippen molar-refractivity contribution in [2.24, 2.45) is 0 Å². The highest BCUT2D eigenvalue weighted by molar-refractivity contribution is 7.92. The highest BCUT2D eigenvalue weighted by atomic mass is 35.5. The lowest BCUT2D eigenvalue weighted by Gasteiger charge is -2.30. The molecule has 0 unspecified atom stereocenters. The van der Waals surface area contributed by atoms with Gasteiger partial charge in [-0.1, -0.05) is 23.7 Å². The van der Waals surface area contributed by atoms with Gasteiger partial charge in [-0.05, 0) is 49.7 Å². The molecule has 2 atom stereocenters. The van der Waals surface area contributed by atoms with Crippen molar-refractivity contribution in [2.45, 2.75) is 25.9 Å². The van der Waals surface area contributed by atoms with Gasteiger partial charge in [0.1, 0.15) is 17.6 Å². The van der Waals surface area contributed by atoms with Gasteiger partial charge in [0.15, 0.2) is 0 Å². The molecule has 0 heterocycles. The standard InChI is InChI=1S/C19H22ClFN2O4S/c1-12(14-5-8-16(21)9-6-14)22-19(24)13(2)23(28(4,25)26)17-11-15(20)7-10-18(17)27-3/h5-13H,1-4H3,(H,22,24)/t12-,13+/m0/s1. The SMILES string of the molecule is COc1ccc(Cl)cc1N([C@H](C)C(=O)N[C@@H](C)c1ccc(F)cc1)S(C)(=O)=O. The molecule has 1 N–H and O–H groups in total. The lowest BCUT2D eigenvalue weighted by molar-refractivity contribution is -0.122. The minimum atomic E-state index is -3.83. The number of hydrogen-bond donors (Lipinski definition) is 1. The maximum Gasteiger partial charge on any atom is 0.244 e. The van der Waals surface area contributed by atoms with Crippen molar-refractivity contribution in [3.63, 3.8) is 0 Å². The number of ether oxygens (including phenoxy) is 1. The maximum absolute atomic E-state index is 13.1. The average molecular weight is 429 g/mol. The first-order valence-corrected chi connectivity index (χ1v) is 10.7. The van der Waals surface area contributed by atoms with Crippen LogP contribution >= 0.6 is 11.6 Å². The fourth-order valence-corrected chi connectivity index (χ4v) is 4.12. The molecule has 0 aliphatic rings. The topological polar surface area (TPSA) is 75.7 Å². The summed E-state index contributed by atoms with van der Waals surface area (Å²) in [6.07, 6.45) is 1.00. The second-order valence-electron chi connectivity index (χ2n) is 6.33.